The monoisotopic (exact) mass is 351 g/mol. The Labute approximate surface area is 132 Å². The summed E-state index contributed by atoms with van der Waals surface area (Å²) < 4.78 is 0.988. The van der Waals surface area contributed by atoms with Gasteiger partial charge in [-0.1, -0.05) is 51.8 Å². The Morgan fingerprint density at radius 2 is 1.85 bits per heavy atom. The number of hydrogen-bond donors (Lipinski definition) is 1. The van der Waals surface area contributed by atoms with E-state index in [1.165, 1.54) is 0 Å². The normalized spacial score (nSPS) is 10.3. The van der Waals surface area contributed by atoms with Crippen LogP contribution in [0.4, 0.5) is 0 Å². The summed E-state index contributed by atoms with van der Waals surface area (Å²) in [5, 5.41) is 3.65. The number of halogens is 2. The molecule has 20 heavy (non-hydrogen) atoms. The zero-order chi connectivity index (χ0) is 14.4. The third-order valence-electron chi connectivity index (χ3n) is 2.88. The van der Waals surface area contributed by atoms with Gasteiger partial charge in [-0.15, -0.1) is 0 Å². The lowest BCUT2D eigenvalue weighted by atomic mass is 10.1. The van der Waals surface area contributed by atoms with Crippen LogP contribution >= 0.6 is 27.5 Å². The zero-order valence-corrected chi connectivity index (χ0v) is 13.2. The van der Waals surface area contributed by atoms with Crippen molar-refractivity contribution in [3.63, 3.8) is 0 Å². The minimum absolute atomic E-state index is 0.0325. The molecule has 4 heteroatoms. The van der Waals surface area contributed by atoms with Crippen molar-refractivity contribution >= 4 is 33.4 Å². The van der Waals surface area contributed by atoms with Gasteiger partial charge >= 0.3 is 0 Å². The van der Waals surface area contributed by atoms with E-state index in [1.54, 1.807) is 0 Å². The van der Waals surface area contributed by atoms with E-state index in [4.69, 9.17) is 11.6 Å². The maximum absolute atomic E-state index is 11.8. The molecular weight excluding hydrogens is 338 g/mol. The minimum atomic E-state index is 0.0325. The second-order valence-corrected chi connectivity index (χ2v) is 5.89. The van der Waals surface area contributed by atoms with Gasteiger partial charge in [0.2, 0.25) is 5.91 Å². The van der Waals surface area contributed by atoms with Crippen molar-refractivity contribution in [2.24, 2.45) is 0 Å². The van der Waals surface area contributed by atoms with Crippen LogP contribution in [-0.2, 0) is 17.6 Å². The second-order valence-electron chi connectivity index (χ2n) is 4.54. The van der Waals surface area contributed by atoms with Gasteiger partial charge in [0.05, 0.1) is 6.42 Å². The van der Waals surface area contributed by atoms with Crippen LogP contribution in [-0.4, -0.2) is 12.5 Å². The third-order valence-corrected chi connectivity index (χ3v) is 3.61. The van der Waals surface area contributed by atoms with Crippen LogP contribution in [0.3, 0.4) is 0 Å². The lowest BCUT2D eigenvalue weighted by molar-refractivity contribution is -0.120. The molecule has 0 aromatic heterocycles. The van der Waals surface area contributed by atoms with Gasteiger partial charge in [-0.25, -0.2) is 0 Å². The molecule has 0 radical (unpaired) electrons. The molecule has 2 aromatic rings. The van der Waals surface area contributed by atoms with Crippen molar-refractivity contribution in [2.75, 3.05) is 6.54 Å². The van der Waals surface area contributed by atoms with Gasteiger partial charge in [-0.05, 0) is 41.8 Å². The van der Waals surface area contributed by atoms with Gasteiger partial charge in [-0.2, -0.15) is 0 Å². The highest BCUT2D eigenvalue weighted by Gasteiger charge is 2.03. The van der Waals surface area contributed by atoms with Crippen LogP contribution < -0.4 is 5.32 Å². The molecule has 2 rings (SSSR count). The molecule has 0 aliphatic heterocycles. The van der Waals surface area contributed by atoms with Gasteiger partial charge in [0.1, 0.15) is 0 Å². The fraction of sp³-hybridized carbons (Fsp3) is 0.188. The summed E-state index contributed by atoms with van der Waals surface area (Å²) in [7, 11) is 0. The molecule has 1 N–H and O–H groups in total. The fourth-order valence-electron chi connectivity index (χ4n) is 1.93. The van der Waals surface area contributed by atoms with Crippen LogP contribution in [0.25, 0.3) is 0 Å². The summed E-state index contributed by atoms with van der Waals surface area (Å²) in [6.07, 6.45) is 1.18. The number of rotatable bonds is 5. The number of hydrogen-bond acceptors (Lipinski definition) is 1. The highest BCUT2D eigenvalue weighted by molar-refractivity contribution is 9.10. The molecule has 0 saturated heterocycles. The molecule has 0 saturated carbocycles. The Kier molecular flexibility index (Phi) is 5.62. The van der Waals surface area contributed by atoms with E-state index >= 15 is 0 Å². The molecule has 0 fully saturated rings. The summed E-state index contributed by atoms with van der Waals surface area (Å²) in [5.41, 5.74) is 2.12. The lowest BCUT2D eigenvalue weighted by Gasteiger charge is -2.06. The predicted octanol–water partition coefficient (Wildman–Crippen LogP) is 4.00. The maximum Gasteiger partial charge on any atom is 0.224 e. The first-order valence-corrected chi connectivity index (χ1v) is 7.56. The van der Waals surface area contributed by atoms with E-state index in [2.05, 4.69) is 21.2 Å². The van der Waals surface area contributed by atoms with Crippen molar-refractivity contribution in [2.45, 2.75) is 12.8 Å². The topological polar surface area (TPSA) is 29.1 Å². The first-order valence-electron chi connectivity index (χ1n) is 6.39. The standard InChI is InChI=1S/C16H15BrClNO/c17-14-5-1-4-13(9-14)11-16(20)19-8-7-12-3-2-6-15(18)10-12/h1-6,9-10H,7-8,11H2,(H,19,20). The summed E-state index contributed by atoms with van der Waals surface area (Å²) in [4.78, 5) is 11.8. The molecule has 2 nitrogen and oxygen atoms in total. The van der Waals surface area contributed by atoms with E-state index in [0.717, 1.165) is 27.0 Å². The molecule has 0 atom stereocenters. The van der Waals surface area contributed by atoms with Gasteiger partial charge in [0.15, 0.2) is 0 Å². The van der Waals surface area contributed by atoms with Crippen molar-refractivity contribution < 1.29 is 4.79 Å². The summed E-state index contributed by atoms with van der Waals surface area (Å²) >= 11 is 9.31. The van der Waals surface area contributed by atoms with Crippen LogP contribution in [0.5, 0.6) is 0 Å². The highest BCUT2D eigenvalue weighted by atomic mass is 79.9. The lowest BCUT2D eigenvalue weighted by Crippen LogP contribution is -2.27. The van der Waals surface area contributed by atoms with Crippen molar-refractivity contribution in [1.82, 2.24) is 5.32 Å². The smallest absolute Gasteiger partial charge is 0.224 e. The Hall–Kier alpha value is -1.32. The molecule has 0 spiro atoms. The van der Waals surface area contributed by atoms with Crippen LogP contribution in [0.15, 0.2) is 53.0 Å². The Balaban J connectivity index is 1.78. The molecule has 2 aromatic carbocycles. The largest absolute Gasteiger partial charge is 0.355 e. The van der Waals surface area contributed by atoms with Gasteiger partial charge in [-0.3, -0.25) is 4.79 Å². The number of carbonyl (C=O) groups is 1. The van der Waals surface area contributed by atoms with Gasteiger partial charge < -0.3 is 5.32 Å². The first kappa shape index (κ1) is 15.1. The van der Waals surface area contributed by atoms with Crippen LogP contribution in [0.1, 0.15) is 11.1 Å². The van der Waals surface area contributed by atoms with Crippen molar-refractivity contribution in [3.8, 4) is 0 Å². The average molecular weight is 353 g/mol. The second kappa shape index (κ2) is 7.46. The first-order chi connectivity index (χ1) is 9.63. The van der Waals surface area contributed by atoms with Crippen LogP contribution in [0, 0.1) is 0 Å². The van der Waals surface area contributed by atoms with Gasteiger partial charge in [0, 0.05) is 16.0 Å². The van der Waals surface area contributed by atoms with E-state index < -0.39 is 0 Å². The molecule has 1 amide bonds. The van der Waals surface area contributed by atoms with E-state index in [-0.39, 0.29) is 5.91 Å². The molecule has 0 heterocycles. The van der Waals surface area contributed by atoms with Gasteiger partial charge in [0.25, 0.3) is 0 Å². The molecule has 0 aliphatic rings. The fourth-order valence-corrected chi connectivity index (χ4v) is 2.59. The van der Waals surface area contributed by atoms with Crippen LogP contribution in [0.2, 0.25) is 5.02 Å². The number of amides is 1. The average Bonchev–Trinajstić information content (AvgIpc) is 2.38. The summed E-state index contributed by atoms with van der Waals surface area (Å²) in [6, 6.07) is 15.5. The highest BCUT2D eigenvalue weighted by Crippen LogP contribution is 2.12. The molecule has 104 valence electrons. The number of carbonyl (C=O) groups excluding carboxylic acids is 1. The quantitative estimate of drug-likeness (QED) is 0.865. The predicted molar refractivity (Wildman–Crippen MR) is 86.0 cm³/mol. The Morgan fingerprint density at radius 3 is 2.60 bits per heavy atom. The number of benzene rings is 2. The zero-order valence-electron chi connectivity index (χ0n) is 10.9. The van der Waals surface area contributed by atoms with E-state index in [0.29, 0.717) is 13.0 Å². The molecular formula is C16H15BrClNO. The Morgan fingerprint density at radius 1 is 1.10 bits per heavy atom. The minimum Gasteiger partial charge on any atom is -0.355 e. The van der Waals surface area contributed by atoms with Crippen molar-refractivity contribution in [3.05, 3.63) is 69.2 Å². The van der Waals surface area contributed by atoms with E-state index in [1.807, 2.05) is 48.5 Å². The summed E-state index contributed by atoms with van der Waals surface area (Å²) in [5.74, 6) is 0.0325. The molecule has 0 bridgehead atoms. The van der Waals surface area contributed by atoms with E-state index in [9.17, 15) is 4.79 Å². The third kappa shape index (κ3) is 4.99. The SMILES string of the molecule is O=C(Cc1cccc(Br)c1)NCCc1cccc(Cl)c1. The maximum atomic E-state index is 11.8. The Bertz CT molecular complexity index is 601. The molecule has 0 unspecified atom stereocenters. The molecule has 0 aliphatic carbocycles. The number of nitrogens with one attached hydrogen (secondary N) is 1. The van der Waals surface area contributed by atoms with Crippen molar-refractivity contribution in [1.29, 1.82) is 0 Å². The summed E-state index contributed by atoms with van der Waals surface area (Å²) in [6.45, 7) is 0.618.